The topological polar surface area (TPSA) is 116 Å². The number of sulfonamides is 1. The molecule has 1 rings (SSSR count). The zero-order chi connectivity index (χ0) is 17.5. The number of nitro benzene ring substituents is 1. The van der Waals surface area contributed by atoms with Gasteiger partial charge in [0.1, 0.15) is 5.02 Å². The SMILES string of the molecule is COC(=O)CCCCCNS(=O)(=O)c1ccc(Cl)c([N+](=O)[O-])c1. The van der Waals surface area contributed by atoms with Crippen molar-refractivity contribution in [2.75, 3.05) is 13.7 Å². The summed E-state index contributed by atoms with van der Waals surface area (Å²) in [6, 6.07) is 3.29. The van der Waals surface area contributed by atoms with E-state index in [1.807, 2.05) is 0 Å². The maximum atomic E-state index is 12.1. The van der Waals surface area contributed by atoms with Gasteiger partial charge in [0.15, 0.2) is 0 Å². The predicted molar refractivity (Wildman–Crippen MR) is 83.8 cm³/mol. The molecule has 0 aromatic heterocycles. The Labute approximate surface area is 139 Å². The van der Waals surface area contributed by atoms with Crippen LogP contribution in [0, 0.1) is 10.1 Å². The second-order valence-electron chi connectivity index (χ2n) is 4.65. The Morgan fingerprint density at radius 2 is 2.04 bits per heavy atom. The van der Waals surface area contributed by atoms with Crippen molar-refractivity contribution in [2.45, 2.75) is 30.6 Å². The molecular formula is C13H17ClN2O6S. The lowest BCUT2D eigenvalue weighted by atomic mass is 10.2. The molecule has 0 radical (unpaired) electrons. The summed E-state index contributed by atoms with van der Waals surface area (Å²) < 4.78 is 31.0. The fraction of sp³-hybridized carbons (Fsp3) is 0.462. The Hall–Kier alpha value is -1.71. The number of rotatable bonds is 9. The number of benzene rings is 1. The highest BCUT2D eigenvalue weighted by atomic mass is 35.5. The van der Waals surface area contributed by atoms with Crippen molar-refractivity contribution in [3.05, 3.63) is 33.3 Å². The van der Waals surface area contributed by atoms with E-state index in [4.69, 9.17) is 11.6 Å². The minimum absolute atomic E-state index is 0.128. The number of carbonyl (C=O) groups excluding carboxylic acids is 1. The summed E-state index contributed by atoms with van der Waals surface area (Å²) in [6.07, 6.45) is 2.07. The van der Waals surface area contributed by atoms with Gasteiger partial charge in [0, 0.05) is 19.0 Å². The molecule has 1 aromatic carbocycles. The molecule has 0 saturated heterocycles. The summed E-state index contributed by atoms with van der Waals surface area (Å²) >= 11 is 5.65. The second-order valence-corrected chi connectivity index (χ2v) is 6.83. The first-order valence-electron chi connectivity index (χ1n) is 6.78. The lowest BCUT2D eigenvalue weighted by Crippen LogP contribution is -2.24. The smallest absolute Gasteiger partial charge is 0.305 e. The van der Waals surface area contributed by atoms with Gasteiger partial charge in [-0.3, -0.25) is 14.9 Å². The fourth-order valence-electron chi connectivity index (χ4n) is 1.76. The van der Waals surface area contributed by atoms with E-state index in [2.05, 4.69) is 9.46 Å². The monoisotopic (exact) mass is 364 g/mol. The molecule has 1 aromatic rings. The number of nitrogens with zero attached hydrogens (tertiary/aromatic N) is 1. The lowest BCUT2D eigenvalue weighted by Gasteiger charge is -2.07. The van der Waals surface area contributed by atoms with Crippen molar-refractivity contribution in [3.8, 4) is 0 Å². The standard InChI is InChI=1S/C13H17ClN2O6S/c1-22-13(17)5-3-2-4-8-15-23(20,21)10-6-7-11(14)12(9-10)16(18)19/h6-7,9,15H,2-5,8H2,1H3. The molecule has 23 heavy (non-hydrogen) atoms. The van der Waals surface area contributed by atoms with E-state index >= 15 is 0 Å². The van der Waals surface area contributed by atoms with Crippen LogP contribution in [-0.4, -0.2) is 33.0 Å². The third kappa shape index (κ3) is 6.12. The quantitative estimate of drug-likeness (QED) is 0.311. The molecule has 0 heterocycles. The maximum absolute atomic E-state index is 12.1. The molecule has 1 N–H and O–H groups in total. The Kier molecular flexibility index (Phi) is 7.40. The van der Waals surface area contributed by atoms with Gasteiger partial charge in [0.2, 0.25) is 10.0 Å². The van der Waals surface area contributed by atoms with Crippen molar-refractivity contribution in [3.63, 3.8) is 0 Å². The predicted octanol–water partition coefficient (Wildman–Crippen LogP) is 2.26. The van der Waals surface area contributed by atoms with Gasteiger partial charge in [-0.2, -0.15) is 0 Å². The van der Waals surface area contributed by atoms with Crippen LogP contribution in [0.3, 0.4) is 0 Å². The van der Waals surface area contributed by atoms with Gasteiger partial charge < -0.3 is 4.74 Å². The minimum atomic E-state index is -3.85. The highest BCUT2D eigenvalue weighted by molar-refractivity contribution is 7.89. The number of unbranched alkanes of at least 4 members (excludes halogenated alkanes) is 2. The van der Waals surface area contributed by atoms with Crippen LogP contribution in [0.15, 0.2) is 23.1 Å². The second kappa shape index (κ2) is 8.80. The first kappa shape index (κ1) is 19.3. The largest absolute Gasteiger partial charge is 0.469 e. The number of hydrogen-bond donors (Lipinski definition) is 1. The molecule has 0 saturated carbocycles. The van der Waals surface area contributed by atoms with Gasteiger partial charge in [-0.1, -0.05) is 18.0 Å². The first-order chi connectivity index (χ1) is 10.8. The van der Waals surface area contributed by atoms with Gasteiger partial charge in [-0.05, 0) is 25.0 Å². The van der Waals surface area contributed by atoms with Gasteiger partial charge in [-0.15, -0.1) is 0 Å². The molecule has 0 aliphatic rings. The normalized spacial score (nSPS) is 11.2. The van der Waals surface area contributed by atoms with Gasteiger partial charge in [-0.25, -0.2) is 13.1 Å². The van der Waals surface area contributed by atoms with Crippen LogP contribution in [0.1, 0.15) is 25.7 Å². The number of nitro groups is 1. The summed E-state index contributed by atoms with van der Waals surface area (Å²) in [6.45, 7) is 0.167. The van der Waals surface area contributed by atoms with Crippen LogP contribution in [0.2, 0.25) is 5.02 Å². The summed E-state index contributed by atoms with van der Waals surface area (Å²) in [5.41, 5.74) is -0.465. The van der Waals surface area contributed by atoms with Crippen LogP contribution in [0.5, 0.6) is 0 Å². The van der Waals surface area contributed by atoms with Crippen molar-refractivity contribution >= 4 is 33.3 Å². The number of carbonyl (C=O) groups is 1. The van der Waals surface area contributed by atoms with E-state index < -0.39 is 20.6 Å². The Bertz CT molecular complexity index is 677. The highest BCUT2D eigenvalue weighted by Gasteiger charge is 2.20. The molecule has 0 aliphatic carbocycles. The molecule has 0 fully saturated rings. The Morgan fingerprint density at radius 3 is 2.65 bits per heavy atom. The lowest BCUT2D eigenvalue weighted by molar-refractivity contribution is -0.384. The average Bonchev–Trinajstić information content (AvgIpc) is 2.50. The van der Waals surface area contributed by atoms with Crippen molar-refractivity contribution in [1.82, 2.24) is 4.72 Å². The molecule has 128 valence electrons. The van der Waals surface area contributed by atoms with Gasteiger partial charge in [0.05, 0.1) is 16.9 Å². The third-order valence-corrected chi connectivity index (χ3v) is 4.78. The number of methoxy groups -OCH3 is 1. The summed E-state index contributed by atoms with van der Waals surface area (Å²) in [7, 11) is -2.54. The molecule has 8 nitrogen and oxygen atoms in total. The zero-order valence-corrected chi connectivity index (χ0v) is 14.0. The van der Waals surface area contributed by atoms with E-state index in [1.165, 1.54) is 19.2 Å². The van der Waals surface area contributed by atoms with Crippen LogP contribution >= 0.6 is 11.6 Å². The summed E-state index contributed by atoms with van der Waals surface area (Å²) in [5.74, 6) is -0.306. The van der Waals surface area contributed by atoms with E-state index in [-0.39, 0.29) is 28.9 Å². The third-order valence-electron chi connectivity index (χ3n) is 3.00. The van der Waals surface area contributed by atoms with E-state index in [0.29, 0.717) is 19.3 Å². The molecular weight excluding hydrogens is 348 g/mol. The molecule has 0 unspecified atom stereocenters. The fourth-order valence-corrected chi connectivity index (χ4v) is 3.04. The first-order valence-corrected chi connectivity index (χ1v) is 8.64. The number of ether oxygens (including phenoxy) is 1. The molecule has 0 atom stereocenters. The van der Waals surface area contributed by atoms with Crippen LogP contribution in [-0.2, 0) is 19.6 Å². The van der Waals surface area contributed by atoms with Gasteiger partial charge in [0.25, 0.3) is 5.69 Å². The van der Waals surface area contributed by atoms with Crippen molar-refractivity contribution < 1.29 is 22.9 Å². The van der Waals surface area contributed by atoms with Crippen LogP contribution < -0.4 is 4.72 Å². The van der Waals surface area contributed by atoms with Crippen molar-refractivity contribution in [2.24, 2.45) is 0 Å². The van der Waals surface area contributed by atoms with E-state index in [9.17, 15) is 23.3 Å². The highest BCUT2D eigenvalue weighted by Crippen LogP contribution is 2.26. The maximum Gasteiger partial charge on any atom is 0.305 e. The van der Waals surface area contributed by atoms with E-state index in [1.54, 1.807) is 0 Å². The number of hydrogen-bond acceptors (Lipinski definition) is 6. The summed E-state index contributed by atoms with van der Waals surface area (Å²) in [4.78, 5) is 20.7. The minimum Gasteiger partial charge on any atom is -0.469 e. The molecule has 0 amide bonds. The zero-order valence-electron chi connectivity index (χ0n) is 12.5. The number of nitrogens with one attached hydrogen (secondary N) is 1. The van der Waals surface area contributed by atoms with Crippen LogP contribution in [0.4, 0.5) is 5.69 Å². The van der Waals surface area contributed by atoms with Crippen molar-refractivity contribution in [1.29, 1.82) is 0 Å². The Balaban J connectivity index is 2.55. The average molecular weight is 365 g/mol. The molecule has 10 heteroatoms. The number of esters is 1. The Morgan fingerprint density at radius 1 is 1.35 bits per heavy atom. The molecule has 0 bridgehead atoms. The van der Waals surface area contributed by atoms with Crippen LogP contribution in [0.25, 0.3) is 0 Å². The molecule has 0 aliphatic heterocycles. The van der Waals surface area contributed by atoms with E-state index in [0.717, 1.165) is 6.07 Å². The van der Waals surface area contributed by atoms with Gasteiger partial charge >= 0.3 is 5.97 Å². The number of halogens is 1. The molecule has 0 spiro atoms. The summed E-state index contributed by atoms with van der Waals surface area (Å²) in [5, 5.41) is 10.7.